The molecule has 0 heterocycles. The van der Waals surface area contributed by atoms with Gasteiger partial charge in [-0.2, -0.15) is 0 Å². The molecule has 1 rings (SSSR count). The summed E-state index contributed by atoms with van der Waals surface area (Å²) in [6, 6.07) is 0. The van der Waals surface area contributed by atoms with E-state index < -0.39 is 0 Å². The Bertz CT molecular complexity index is 127. The molecule has 1 aliphatic rings. The van der Waals surface area contributed by atoms with Crippen LogP contribution in [0.3, 0.4) is 0 Å². The van der Waals surface area contributed by atoms with Gasteiger partial charge in [-0.05, 0) is 30.8 Å². The molecule has 1 aliphatic carbocycles. The van der Waals surface area contributed by atoms with E-state index in [-0.39, 0.29) is 0 Å². The summed E-state index contributed by atoms with van der Waals surface area (Å²) in [6.45, 7) is 2.31. The maximum atomic E-state index is 4.97. The number of ether oxygens (including phenoxy) is 1. The first-order valence-corrected chi connectivity index (χ1v) is 4.03. The second kappa shape index (κ2) is 3.65. The quantitative estimate of drug-likeness (QED) is 0.509. The van der Waals surface area contributed by atoms with Crippen LogP contribution in [0.5, 0.6) is 0 Å². The van der Waals surface area contributed by atoms with Crippen LogP contribution in [0.25, 0.3) is 0 Å². The predicted octanol–water partition coefficient (Wildman–Crippen LogP) is 2.73. The van der Waals surface area contributed by atoms with Gasteiger partial charge in [0.25, 0.3) is 0 Å². The molecule has 0 aromatic carbocycles. The highest BCUT2D eigenvalue weighted by Crippen LogP contribution is 2.27. The lowest BCUT2D eigenvalue weighted by Gasteiger charge is -2.19. The SMILES string of the molecule is CO/C=C1/CCCC(C)C1. The Morgan fingerprint density at radius 3 is 3.00 bits per heavy atom. The van der Waals surface area contributed by atoms with E-state index in [9.17, 15) is 0 Å². The summed E-state index contributed by atoms with van der Waals surface area (Å²) in [4.78, 5) is 0. The Kier molecular flexibility index (Phi) is 2.79. The highest BCUT2D eigenvalue weighted by Gasteiger charge is 2.11. The van der Waals surface area contributed by atoms with Gasteiger partial charge in [0.1, 0.15) is 0 Å². The van der Waals surface area contributed by atoms with Crippen LogP contribution in [-0.4, -0.2) is 7.11 Å². The molecular weight excluding hydrogens is 124 g/mol. The molecule has 10 heavy (non-hydrogen) atoms. The Balaban J connectivity index is 2.39. The van der Waals surface area contributed by atoms with Crippen LogP contribution in [0, 0.1) is 5.92 Å². The van der Waals surface area contributed by atoms with E-state index in [4.69, 9.17) is 4.74 Å². The predicted molar refractivity (Wildman–Crippen MR) is 42.7 cm³/mol. The van der Waals surface area contributed by atoms with Crippen molar-refractivity contribution in [2.45, 2.75) is 32.6 Å². The van der Waals surface area contributed by atoms with Gasteiger partial charge in [0.2, 0.25) is 0 Å². The molecule has 0 radical (unpaired) electrons. The molecule has 1 nitrogen and oxygen atoms in total. The Labute approximate surface area is 63.1 Å². The molecule has 0 saturated heterocycles. The lowest BCUT2D eigenvalue weighted by Crippen LogP contribution is -2.04. The third-order valence-electron chi connectivity index (χ3n) is 2.09. The first-order valence-electron chi connectivity index (χ1n) is 4.03. The topological polar surface area (TPSA) is 9.23 Å². The minimum absolute atomic E-state index is 0.871. The van der Waals surface area contributed by atoms with Crippen molar-refractivity contribution in [3.05, 3.63) is 11.8 Å². The van der Waals surface area contributed by atoms with Crippen molar-refractivity contribution in [3.63, 3.8) is 0 Å². The van der Waals surface area contributed by atoms with E-state index >= 15 is 0 Å². The highest BCUT2D eigenvalue weighted by atomic mass is 16.5. The molecule has 1 heteroatoms. The van der Waals surface area contributed by atoms with Gasteiger partial charge in [0.05, 0.1) is 13.4 Å². The fourth-order valence-corrected chi connectivity index (χ4v) is 1.60. The van der Waals surface area contributed by atoms with Crippen molar-refractivity contribution in [3.8, 4) is 0 Å². The summed E-state index contributed by atoms with van der Waals surface area (Å²) in [5.74, 6) is 0.871. The zero-order valence-corrected chi connectivity index (χ0v) is 6.89. The number of methoxy groups -OCH3 is 1. The molecule has 58 valence electrons. The van der Waals surface area contributed by atoms with Crippen LogP contribution >= 0.6 is 0 Å². The Hall–Kier alpha value is -0.460. The lowest BCUT2D eigenvalue weighted by atomic mass is 9.87. The fraction of sp³-hybridized carbons (Fsp3) is 0.778. The molecule has 0 spiro atoms. The normalized spacial score (nSPS) is 30.6. The maximum absolute atomic E-state index is 4.97. The molecule has 0 bridgehead atoms. The number of rotatable bonds is 1. The van der Waals surface area contributed by atoms with E-state index in [1.54, 1.807) is 7.11 Å². The molecule has 0 N–H and O–H groups in total. The summed E-state index contributed by atoms with van der Waals surface area (Å²) in [6.07, 6.45) is 7.14. The summed E-state index contributed by atoms with van der Waals surface area (Å²) in [5, 5.41) is 0. The average Bonchev–Trinajstić information content (AvgIpc) is 1.88. The lowest BCUT2D eigenvalue weighted by molar-refractivity contribution is 0.322. The van der Waals surface area contributed by atoms with Gasteiger partial charge in [-0.3, -0.25) is 0 Å². The van der Waals surface area contributed by atoms with Gasteiger partial charge < -0.3 is 4.74 Å². The second-order valence-corrected chi connectivity index (χ2v) is 3.21. The molecular formula is C9H16O. The molecule has 0 aromatic rings. The van der Waals surface area contributed by atoms with Crippen molar-refractivity contribution >= 4 is 0 Å². The van der Waals surface area contributed by atoms with Crippen LogP contribution in [0.2, 0.25) is 0 Å². The van der Waals surface area contributed by atoms with Crippen LogP contribution in [0.1, 0.15) is 32.6 Å². The average molecular weight is 140 g/mol. The summed E-state index contributed by atoms with van der Waals surface area (Å²) in [7, 11) is 1.73. The molecule has 1 unspecified atom stereocenters. The van der Waals surface area contributed by atoms with Gasteiger partial charge in [-0.1, -0.05) is 13.3 Å². The zero-order valence-electron chi connectivity index (χ0n) is 6.89. The summed E-state index contributed by atoms with van der Waals surface area (Å²) in [5.41, 5.74) is 1.49. The van der Waals surface area contributed by atoms with Gasteiger partial charge in [-0.15, -0.1) is 0 Å². The van der Waals surface area contributed by atoms with Gasteiger partial charge in [-0.25, -0.2) is 0 Å². The van der Waals surface area contributed by atoms with E-state index in [0.717, 1.165) is 5.92 Å². The van der Waals surface area contributed by atoms with Crippen molar-refractivity contribution in [1.82, 2.24) is 0 Å². The molecule has 1 atom stereocenters. The van der Waals surface area contributed by atoms with Crippen LogP contribution in [0.4, 0.5) is 0 Å². The first kappa shape index (κ1) is 7.64. The van der Waals surface area contributed by atoms with Gasteiger partial charge >= 0.3 is 0 Å². The van der Waals surface area contributed by atoms with E-state index in [2.05, 4.69) is 6.92 Å². The molecule has 1 saturated carbocycles. The van der Waals surface area contributed by atoms with Gasteiger partial charge in [0, 0.05) is 0 Å². The van der Waals surface area contributed by atoms with E-state index in [1.807, 2.05) is 6.26 Å². The molecule has 0 amide bonds. The number of hydrogen-bond acceptors (Lipinski definition) is 1. The van der Waals surface area contributed by atoms with Crippen LogP contribution < -0.4 is 0 Å². The number of allylic oxidation sites excluding steroid dienone is 1. The standard InChI is InChI=1S/C9H16O/c1-8-4-3-5-9(6-8)7-10-2/h7-8H,3-6H2,1-2H3/b9-7-. The van der Waals surface area contributed by atoms with Crippen molar-refractivity contribution in [2.75, 3.05) is 7.11 Å². The minimum Gasteiger partial charge on any atom is -0.504 e. The maximum Gasteiger partial charge on any atom is 0.0816 e. The first-order chi connectivity index (χ1) is 4.83. The third-order valence-corrected chi connectivity index (χ3v) is 2.09. The monoisotopic (exact) mass is 140 g/mol. The minimum atomic E-state index is 0.871. The Morgan fingerprint density at radius 1 is 1.60 bits per heavy atom. The van der Waals surface area contributed by atoms with Crippen molar-refractivity contribution in [1.29, 1.82) is 0 Å². The highest BCUT2D eigenvalue weighted by molar-refractivity contribution is 5.01. The molecule has 0 aromatic heterocycles. The fourth-order valence-electron chi connectivity index (χ4n) is 1.60. The Morgan fingerprint density at radius 2 is 2.40 bits per heavy atom. The van der Waals surface area contributed by atoms with E-state index in [1.165, 1.54) is 31.3 Å². The third kappa shape index (κ3) is 2.05. The smallest absolute Gasteiger partial charge is 0.0816 e. The van der Waals surface area contributed by atoms with Crippen LogP contribution in [0.15, 0.2) is 11.8 Å². The number of hydrogen-bond donors (Lipinski definition) is 0. The van der Waals surface area contributed by atoms with Gasteiger partial charge in [0.15, 0.2) is 0 Å². The molecule has 1 fully saturated rings. The molecule has 0 aliphatic heterocycles. The summed E-state index contributed by atoms with van der Waals surface area (Å²) >= 11 is 0. The van der Waals surface area contributed by atoms with Crippen molar-refractivity contribution in [2.24, 2.45) is 5.92 Å². The van der Waals surface area contributed by atoms with E-state index in [0.29, 0.717) is 0 Å². The van der Waals surface area contributed by atoms with Crippen LogP contribution in [-0.2, 0) is 4.74 Å². The zero-order chi connectivity index (χ0) is 7.40. The summed E-state index contributed by atoms with van der Waals surface area (Å²) < 4.78 is 4.97. The largest absolute Gasteiger partial charge is 0.504 e. The second-order valence-electron chi connectivity index (χ2n) is 3.21. The van der Waals surface area contributed by atoms with Crippen molar-refractivity contribution < 1.29 is 4.74 Å².